The first kappa shape index (κ1) is 21.8. The van der Waals surface area contributed by atoms with E-state index in [1.165, 1.54) is 11.9 Å². The van der Waals surface area contributed by atoms with Crippen LogP contribution in [0.2, 0.25) is 5.02 Å². The van der Waals surface area contributed by atoms with Crippen LogP contribution in [0.25, 0.3) is 11.4 Å². The van der Waals surface area contributed by atoms with Gasteiger partial charge >= 0.3 is 0 Å². The van der Waals surface area contributed by atoms with Crippen molar-refractivity contribution in [3.8, 4) is 11.4 Å². The number of nitrogens with zero attached hydrogens (tertiary/aromatic N) is 4. The van der Waals surface area contributed by atoms with Gasteiger partial charge in [-0.3, -0.25) is 9.10 Å². The van der Waals surface area contributed by atoms with E-state index in [2.05, 4.69) is 10.1 Å². The van der Waals surface area contributed by atoms with Gasteiger partial charge in [0.1, 0.15) is 0 Å². The summed E-state index contributed by atoms with van der Waals surface area (Å²) in [6.07, 6.45) is 1.11. The van der Waals surface area contributed by atoms with Crippen molar-refractivity contribution in [2.45, 2.75) is 13.5 Å². The summed E-state index contributed by atoms with van der Waals surface area (Å²) in [5, 5.41) is 4.54. The average molecular weight is 449 g/mol. The molecule has 0 saturated carbocycles. The van der Waals surface area contributed by atoms with E-state index in [9.17, 15) is 13.2 Å². The maximum atomic E-state index is 12.9. The van der Waals surface area contributed by atoms with Crippen LogP contribution in [0.1, 0.15) is 21.8 Å². The number of hydrogen-bond acceptors (Lipinski definition) is 6. The van der Waals surface area contributed by atoms with Gasteiger partial charge in [-0.2, -0.15) is 4.98 Å². The van der Waals surface area contributed by atoms with Crippen LogP contribution in [0, 0.1) is 6.92 Å². The van der Waals surface area contributed by atoms with Crippen molar-refractivity contribution in [3.63, 3.8) is 0 Å². The SMILES string of the molecule is Cc1ccc(C(=O)N(C)Cc2nc(-c3ccc(Cl)cc3)no2)cc1N(C)S(C)(=O)=O. The maximum Gasteiger partial charge on any atom is 0.254 e. The van der Waals surface area contributed by atoms with E-state index < -0.39 is 10.0 Å². The molecule has 0 aliphatic rings. The van der Waals surface area contributed by atoms with Gasteiger partial charge in [0.25, 0.3) is 5.91 Å². The lowest BCUT2D eigenvalue weighted by Crippen LogP contribution is -2.28. The fraction of sp³-hybridized carbons (Fsp3) is 0.250. The number of aryl methyl sites for hydroxylation is 1. The van der Waals surface area contributed by atoms with Crippen molar-refractivity contribution < 1.29 is 17.7 Å². The molecule has 0 radical (unpaired) electrons. The Balaban J connectivity index is 1.77. The highest BCUT2D eigenvalue weighted by Gasteiger charge is 2.20. The highest BCUT2D eigenvalue weighted by Crippen LogP contribution is 2.24. The molecule has 0 fully saturated rings. The molecule has 0 spiro atoms. The maximum absolute atomic E-state index is 12.9. The van der Waals surface area contributed by atoms with Crippen molar-refractivity contribution in [2.75, 3.05) is 24.7 Å². The molecule has 158 valence electrons. The third-order valence-electron chi connectivity index (χ3n) is 4.58. The number of aromatic nitrogens is 2. The summed E-state index contributed by atoms with van der Waals surface area (Å²) in [7, 11) is -0.393. The second-order valence-electron chi connectivity index (χ2n) is 6.91. The fourth-order valence-corrected chi connectivity index (χ4v) is 3.47. The van der Waals surface area contributed by atoms with E-state index in [0.717, 1.165) is 21.7 Å². The van der Waals surface area contributed by atoms with Crippen LogP contribution < -0.4 is 4.31 Å². The fourth-order valence-electron chi connectivity index (χ4n) is 2.79. The topological polar surface area (TPSA) is 96.6 Å². The Hall–Kier alpha value is -2.91. The summed E-state index contributed by atoms with van der Waals surface area (Å²) in [4.78, 5) is 18.6. The quantitative estimate of drug-likeness (QED) is 0.573. The molecule has 3 rings (SSSR count). The number of carbonyl (C=O) groups excluding carboxylic acids is 1. The first-order chi connectivity index (χ1) is 14.1. The molecule has 1 amide bonds. The van der Waals surface area contributed by atoms with Crippen molar-refractivity contribution in [2.24, 2.45) is 0 Å². The Labute approximate surface area is 180 Å². The summed E-state index contributed by atoms with van der Waals surface area (Å²) >= 11 is 5.89. The molecule has 8 nitrogen and oxygen atoms in total. The predicted octanol–water partition coefficient (Wildman–Crippen LogP) is 3.37. The average Bonchev–Trinajstić information content (AvgIpc) is 3.15. The molecule has 0 aliphatic carbocycles. The molecule has 0 aliphatic heterocycles. The molecule has 0 N–H and O–H groups in total. The van der Waals surface area contributed by atoms with Gasteiger partial charge in [0.2, 0.25) is 21.7 Å². The normalized spacial score (nSPS) is 11.4. The van der Waals surface area contributed by atoms with Crippen LogP contribution in [0.15, 0.2) is 47.0 Å². The van der Waals surface area contributed by atoms with Crippen molar-refractivity contribution in [1.29, 1.82) is 0 Å². The second-order valence-corrected chi connectivity index (χ2v) is 9.36. The van der Waals surface area contributed by atoms with Gasteiger partial charge in [-0.25, -0.2) is 8.42 Å². The molecule has 0 unspecified atom stereocenters. The van der Waals surface area contributed by atoms with Gasteiger partial charge in [-0.05, 0) is 48.9 Å². The van der Waals surface area contributed by atoms with Gasteiger partial charge in [0.05, 0.1) is 18.5 Å². The standard InChI is InChI=1S/C20H21ClN4O4S/c1-13-5-6-15(11-17(13)25(3)30(4,27)28)20(26)24(2)12-18-22-19(23-29-18)14-7-9-16(21)10-8-14/h5-11H,12H2,1-4H3. The van der Waals surface area contributed by atoms with Gasteiger partial charge < -0.3 is 9.42 Å². The summed E-state index contributed by atoms with van der Waals surface area (Å²) < 4.78 is 30.2. The minimum atomic E-state index is -3.45. The molecule has 2 aromatic carbocycles. The number of carbonyl (C=O) groups is 1. The van der Waals surface area contributed by atoms with Crippen LogP contribution in [0.3, 0.4) is 0 Å². The molecule has 1 heterocycles. The summed E-state index contributed by atoms with van der Waals surface area (Å²) in [6, 6.07) is 11.9. The lowest BCUT2D eigenvalue weighted by molar-refractivity contribution is 0.0769. The molecule has 0 atom stereocenters. The van der Waals surface area contributed by atoms with Crippen LogP contribution in [-0.2, 0) is 16.6 Å². The molecule has 1 aromatic heterocycles. The van der Waals surface area contributed by atoms with Gasteiger partial charge in [-0.15, -0.1) is 0 Å². The first-order valence-corrected chi connectivity index (χ1v) is 11.2. The Morgan fingerprint density at radius 2 is 1.80 bits per heavy atom. The number of sulfonamides is 1. The minimum absolute atomic E-state index is 0.102. The largest absolute Gasteiger partial charge is 0.337 e. The highest BCUT2D eigenvalue weighted by atomic mass is 35.5. The smallest absolute Gasteiger partial charge is 0.254 e. The lowest BCUT2D eigenvalue weighted by atomic mass is 10.1. The zero-order valence-electron chi connectivity index (χ0n) is 17.0. The zero-order valence-corrected chi connectivity index (χ0v) is 18.5. The number of halogens is 1. The van der Waals surface area contributed by atoms with Crippen molar-refractivity contribution >= 4 is 33.2 Å². The Morgan fingerprint density at radius 3 is 2.43 bits per heavy atom. The Bertz CT molecular complexity index is 1180. The zero-order chi connectivity index (χ0) is 22.1. The Kier molecular flexibility index (Phi) is 6.14. The van der Waals surface area contributed by atoms with E-state index >= 15 is 0 Å². The van der Waals surface area contributed by atoms with Crippen LogP contribution in [0.4, 0.5) is 5.69 Å². The van der Waals surface area contributed by atoms with Crippen LogP contribution in [-0.4, -0.2) is 49.7 Å². The molecular weight excluding hydrogens is 428 g/mol. The molecule has 30 heavy (non-hydrogen) atoms. The molecule has 3 aromatic rings. The van der Waals surface area contributed by atoms with Crippen LogP contribution >= 0.6 is 11.6 Å². The van der Waals surface area contributed by atoms with Gasteiger partial charge in [0.15, 0.2) is 0 Å². The number of rotatable bonds is 6. The van der Waals surface area contributed by atoms with Gasteiger partial charge in [-0.1, -0.05) is 22.8 Å². The first-order valence-electron chi connectivity index (χ1n) is 8.95. The molecule has 0 bridgehead atoms. The third-order valence-corrected chi connectivity index (χ3v) is 6.03. The van der Waals surface area contributed by atoms with E-state index in [-0.39, 0.29) is 18.3 Å². The van der Waals surface area contributed by atoms with Crippen molar-refractivity contribution in [3.05, 3.63) is 64.5 Å². The van der Waals surface area contributed by atoms with E-state index in [1.54, 1.807) is 56.4 Å². The van der Waals surface area contributed by atoms with E-state index in [4.69, 9.17) is 16.1 Å². The predicted molar refractivity (Wildman–Crippen MR) is 115 cm³/mol. The Morgan fingerprint density at radius 1 is 1.13 bits per heavy atom. The summed E-state index contributed by atoms with van der Waals surface area (Å²) in [5.41, 5.74) is 2.28. The number of hydrogen-bond donors (Lipinski definition) is 0. The molecule has 10 heteroatoms. The second kappa shape index (κ2) is 8.45. The summed E-state index contributed by atoms with van der Waals surface area (Å²) in [6.45, 7) is 1.89. The van der Waals surface area contributed by atoms with E-state index in [1.807, 2.05) is 0 Å². The van der Waals surface area contributed by atoms with Crippen LogP contribution in [0.5, 0.6) is 0 Å². The monoisotopic (exact) mass is 448 g/mol. The van der Waals surface area contributed by atoms with E-state index in [0.29, 0.717) is 22.1 Å². The van der Waals surface area contributed by atoms with Gasteiger partial charge in [0, 0.05) is 30.2 Å². The molecule has 0 saturated heterocycles. The number of anilines is 1. The third kappa shape index (κ3) is 4.80. The number of amides is 1. The highest BCUT2D eigenvalue weighted by molar-refractivity contribution is 7.92. The lowest BCUT2D eigenvalue weighted by Gasteiger charge is -2.21. The number of benzene rings is 2. The summed E-state index contributed by atoms with van der Waals surface area (Å²) in [5.74, 6) is 0.371. The minimum Gasteiger partial charge on any atom is -0.337 e. The molecular formula is C20H21ClN4O4S. The van der Waals surface area contributed by atoms with Crippen molar-refractivity contribution in [1.82, 2.24) is 15.0 Å².